The second-order valence-electron chi connectivity index (χ2n) is 2.23. The van der Waals surface area contributed by atoms with Crippen LogP contribution < -0.4 is 5.32 Å². The average Bonchev–Trinajstić information content (AvgIpc) is 1.76. The molecule has 1 aliphatic heterocycles. The van der Waals surface area contributed by atoms with Gasteiger partial charge in [0.15, 0.2) is 0 Å². The Kier molecular flexibility index (Phi) is 2.97. The van der Waals surface area contributed by atoms with Crippen molar-refractivity contribution in [3.63, 3.8) is 0 Å². The molecule has 0 aromatic heterocycles. The SMILES string of the molecule is OCCCOC1CNC1. The van der Waals surface area contributed by atoms with Crippen LogP contribution in [-0.2, 0) is 4.74 Å². The van der Waals surface area contributed by atoms with Gasteiger partial charge in [-0.1, -0.05) is 0 Å². The zero-order chi connectivity index (χ0) is 6.53. The van der Waals surface area contributed by atoms with Crippen molar-refractivity contribution in [1.82, 2.24) is 5.32 Å². The Morgan fingerprint density at radius 1 is 1.56 bits per heavy atom. The summed E-state index contributed by atoms with van der Waals surface area (Å²) in [6.45, 7) is 2.89. The molecule has 0 spiro atoms. The summed E-state index contributed by atoms with van der Waals surface area (Å²) in [6.07, 6.45) is 1.17. The highest BCUT2D eigenvalue weighted by atomic mass is 16.5. The van der Waals surface area contributed by atoms with Crippen LogP contribution in [0.3, 0.4) is 0 Å². The highest BCUT2D eigenvalue weighted by molar-refractivity contribution is 4.74. The van der Waals surface area contributed by atoms with Gasteiger partial charge in [0.1, 0.15) is 0 Å². The molecule has 2 N–H and O–H groups in total. The summed E-state index contributed by atoms with van der Waals surface area (Å²) in [7, 11) is 0. The largest absolute Gasteiger partial charge is 0.396 e. The van der Waals surface area contributed by atoms with E-state index in [9.17, 15) is 0 Å². The smallest absolute Gasteiger partial charge is 0.0823 e. The molecule has 1 rings (SSSR count). The highest BCUT2D eigenvalue weighted by Gasteiger charge is 2.15. The average molecular weight is 131 g/mol. The van der Waals surface area contributed by atoms with Crippen molar-refractivity contribution in [2.75, 3.05) is 26.3 Å². The molecule has 1 aliphatic rings. The number of hydrogen-bond acceptors (Lipinski definition) is 3. The second-order valence-corrected chi connectivity index (χ2v) is 2.23. The molecule has 1 saturated heterocycles. The van der Waals surface area contributed by atoms with Gasteiger partial charge in [0.2, 0.25) is 0 Å². The molecule has 1 heterocycles. The highest BCUT2D eigenvalue weighted by Crippen LogP contribution is 1.97. The monoisotopic (exact) mass is 131 g/mol. The van der Waals surface area contributed by atoms with Crippen molar-refractivity contribution in [3.05, 3.63) is 0 Å². The van der Waals surface area contributed by atoms with Crippen LogP contribution in [0.1, 0.15) is 6.42 Å². The summed E-state index contributed by atoms with van der Waals surface area (Å²) in [5.41, 5.74) is 0. The molecule has 54 valence electrons. The number of ether oxygens (including phenoxy) is 1. The molecule has 0 amide bonds. The van der Waals surface area contributed by atoms with Gasteiger partial charge in [0, 0.05) is 26.3 Å². The van der Waals surface area contributed by atoms with E-state index in [4.69, 9.17) is 9.84 Å². The summed E-state index contributed by atoms with van der Waals surface area (Å²) in [5.74, 6) is 0. The van der Waals surface area contributed by atoms with Gasteiger partial charge in [-0.15, -0.1) is 0 Å². The molecule has 0 saturated carbocycles. The number of aliphatic hydroxyl groups excluding tert-OH is 1. The van der Waals surface area contributed by atoms with Crippen molar-refractivity contribution in [2.24, 2.45) is 0 Å². The Hall–Kier alpha value is -0.120. The minimum Gasteiger partial charge on any atom is -0.396 e. The Morgan fingerprint density at radius 2 is 2.33 bits per heavy atom. The molecule has 0 radical (unpaired) electrons. The first-order valence-electron chi connectivity index (χ1n) is 3.36. The van der Waals surface area contributed by atoms with E-state index in [1.54, 1.807) is 0 Å². The normalized spacial score (nSPS) is 19.7. The number of aliphatic hydroxyl groups is 1. The van der Waals surface area contributed by atoms with E-state index >= 15 is 0 Å². The second kappa shape index (κ2) is 3.82. The maximum atomic E-state index is 8.37. The number of nitrogens with one attached hydrogen (secondary N) is 1. The standard InChI is InChI=1S/C6H13NO2/c8-2-1-3-9-6-4-7-5-6/h6-8H,1-5H2. The first-order valence-corrected chi connectivity index (χ1v) is 3.36. The number of rotatable bonds is 4. The summed E-state index contributed by atoms with van der Waals surface area (Å²) < 4.78 is 5.30. The Labute approximate surface area is 55.0 Å². The van der Waals surface area contributed by atoms with Crippen molar-refractivity contribution in [2.45, 2.75) is 12.5 Å². The Bertz CT molecular complexity index is 73.5. The van der Waals surface area contributed by atoms with Crippen molar-refractivity contribution >= 4 is 0 Å². The van der Waals surface area contributed by atoms with E-state index in [0.29, 0.717) is 12.7 Å². The van der Waals surface area contributed by atoms with Gasteiger partial charge in [-0.05, 0) is 6.42 Å². The Morgan fingerprint density at radius 3 is 2.78 bits per heavy atom. The van der Waals surface area contributed by atoms with E-state index in [0.717, 1.165) is 19.5 Å². The van der Waals surface area contributed by atoms with Gasteiger partial charge in [-0.25, -0.2) is 0 Å². The molecule has 0 bridgehead atoms. The molecule has 3 nitrogen and oxygen atoms in total. The molecule has 0 atom stereocenters. The molecule has 0 aliphatic carbocycles. The quantitative estimate of drug-likeness (QED) is 0.498. The molecule has 0 unspecified atom stereocenters. The third kappa shape index (κ3) is 2.30. The van der Waals surface area contributed by atoms with Crippen LogP contribution in [0.25, 0.3) is 0 Å². The third-order valence-electron chi connectivity index (χ3n) is 1.40. The fraction of sp³-hybridized carbons (Fsp3) is 1.00. The van der Waals surface area contributed by atoms with Crippen LogP contribution in [0.4, 0.5) is 0 Å². The topological polar surface area (TPSA) is 41.5 Å². The zero-order valence-corrected chi connectivity index (χ0v) is 5.47. The maximum Gasteiger partial charge on any atom is 0.0823 e. The number of hydrogen-bond donors (Lipinski definition) is 2. The lowest BCUT2D eigenvalue weighted by molar-refractivity contribution is 0.0125. The van der Waals surface area contributed by atoms with Crippen LogP contribution in [0, 0.1) is 0 Å². The predicted octanol–water partition coefficient (Wildman–Crippen LogP) is -0.643. The van der Waals surface area contributed by atoms with Gasteiger partial charge < -0.3 is 15.2 Å². The van der Waals surface area contributed by atoms with Crippen LogP contribution in [-0.4, -0.2) is 37.5 Å². The minimum atomic E-state index is 0.236. The summed E-state index contributed by atoms with van der Waals surface area (Å²) in [5, 5.41) is 11.5. The summed E-state index contributed by atoms with van der Waals surface area (Å²) in [4.78, 5) is 0. The van der Waals surface area contributed by atoms with Crippen molar-refractivity contribution in [3.8, 4) is 0 Å². The van der Waals surface area contributed by atoms with Crippen LogP contribution in [0.5, 0.6) is 0 Å². The van der Waals surface area contributed by atoms with Gasteiger partial charge in [-0.3, -0.25) is 0 Å². The maximum absolute atomic E-state index is 8.37. The molecule has 1 fully saturated rings. The summed E-state index contributed by atoms with van der Waals surface area (Å²) >= 11 is 0. The first-order chi connectivity index (χ1) is 4.43. The Balaban J connectivity index is 1.80. The lowest BCUT2D eigenvalue weighted by atomic mass is 10.2. The van der Waals surface area contributed by atoms with Crippen LogP contribution in [0.2, 0.25) is 0 Å². The van der Waals surface area contributed by atoms with Gasteiger partial charge in [0.05, 0.1) is 6.10 Å². The van der Waals surface area contributed by atoms with Crippen LogP contribution in [0.15, 0.2) is 0 Å². The van der Waals surface area contributed by atoms with Gasteiger partial charge in [0.25, 0.3) is 0 Å². The van der Waals surface area contributed by atoms with E-state index in [2.05, 4.69) is 5.32 Å². The minimum absolute atomic E-state index is 0.236. The fourth-order valence-corrected chi connectivity index (χ4v) is 0.695. The van der Waals surface area contributed by atoms with Crippen molar-refractivity contribution in [1.29, 1.82) is 0 Å². The van der Waals surface area contributed by atoms with E-state index in [1.807, 2.05) is 0 Å². The lowest BCUT2D eigenvalue weighted by Gasteiger charge is -2.26. The summed E-state index contributed by atoms with van der Waals surface area (Å²) in [6, 6.07) is 0. The predicted molar refractivity (Wildman–Crippen MR) is 34.3 cm³/mol. The molecule has 3 heteroatoms. The van der Waals surface area contributed by atoms with Crippen molar-refractivity contribution < 1.29 is 9.84 Å². The molecular weight excluding hydrogens is 118 g/mol. The van der Waals surface area contributed by atoms with Gasteiger partial charge in [-0.2, -0.15) is 0 Å². The molecule has 0 aromatic rings. The third-order valence-corrected chi connectivity index (χ3v) is 1.40. The first kappa shape index (κ1) is 6.99. The van der Waals surface area contributed by atoms with E-state index in [-0.39, 0.29) is 6.61 Å². The van der Waals surface area contributed by atoms with E-state index in [1.165, 1.54) is 0 Å². The van der Waals surface area contributed by atoms with Gasteiger partial charge >= 0.3 is 0 Å². The molecular formula is C6H13NO2. The molecule has 0 aromatic carbocycles. The lowest BCUT2D eigenvalue weighted by Crippen LogP contribution is -2.48. The van der Waals surface area contributed by atoms with E-state index < -0.39 is 0 Å². The van der Waals surface area contributed by atoms with Crippen LogP contribution >= 0.6 is 0 Å². The zero-order valence-electron chi connectivity index (χ0n) is 5.47. The molecule has 9 heavy (non-hydrogen) atoms. The fourth-order valence-electron chi connectivity index (χ4n) is 0.695.